The van der Waals surface area contributed by atoms with Crippen molar-refractivity contribution in [2.75, 3.05) is 0 Å². The van der Waals surface area contributed by atoms with Gasteiger partial charge in [0.25, 0.3) is 0 Å². The van der Waals surface area contributed by atoms with Crippen molar-refractivity contribution in [3.8, 4) is 0 Å². The molecular weight excluding hydrogens is 244 g/mol. The standard InChI is InChI=1S/C12H17Cl.C3H4N2/c1-8(2)10-6-5-7-11(9(3)4)12(10)13;1-2-5-3-4-1/h5-9H,1-4H3;1-3H,(H,4,5). The van der Waals surface area contributed by atoms with Crippen molar-refractivity contribution in [1.82, 2.24) is 9.97 Å². The maximum absolute atomic E-state index is 6.30. The molecule has 0 saturated heterocycles. The van der Waals surface area contributed by atoms with E-state index in [2.05, 4.69) is 55.9 Å². The van der Waals surface area contributed by atoms with Crippen LogP contribution in [-0.2, 0) is 0 Å². The first kappa shape index (κ1) is 14.8. The van der Waals surface area contributed by atoms with E-state index in [4.69, 9.17) is 11.6 Å². The van der Waals surface area contributed by atoms with Gasteiger partial charge in [-0.2, -0.15) is 0 Å². The molecule has 0 atom stereocenters. The van der Waals surface area contributed by atoms with Crippen LogP contribution in [0.25, 0.3) is 0 Å². The summed E-state index contributed by atoms with van der Waals surface area (Å²) in [5, 5.41) is 0.951. The van der Waals surface area contributed by atoms with Crippen LogP contribution in [0.15, 0.2) is 36.9 Å². The molecule has 0 unspecified atom stereocenters. The SMILES string of the molecule is CC(C)c1cccc(C(C)C)c1Cl.c1c[nH]cn1. The van der Waals surface area contributed by atoms with E-state index in [9.17, 15) is 0 Å². The number of aromatic amines is 1. The summed E-state index contributed by atoms with van der Waals surface area (Å²) >= 11 is 6.30. The second-order valence-electron chi connectivity index (χ2n) is 4.82. The summed E-state index contributed by atoms with van der Waals surface area (Å²) in [4.78, 5) is 6.42. The fourth-order valence-electron chi connectivity index (χ4n) is 1.68. The first-order valence-corrected chi connectivity index (χ1v) is 6.62. The molecule has 0 aliphatic rings. The van der Waals surface area contributed by atoms with Crippen molar-refractivity contribution in [3.63, 3.8) is 0 Å². The first-order valence-electron chi connectivity index (χ1n) is 6.25. The van der Waals surface area contributed by atoms with E-state index in [1.54, 1.807) is 18.7 Å². The Hall–Kier alpha value is -1.28. The average Bonchev–Trinajstić information content (AvgIpc) is 2.87. The van der Waals surface area contributed by atoms with Crippen molar-refractivity contribution in [1.29, 1.82) is 0 Å². The molecule has 0 fully saturated rings. The minimum absolute atomic E-state index is 0.506. The van der Waals surface area contributed by atoms with Gasteiger partial charge in [-0.25, -0.2) is 4.98 Å². The second-order valence-corrected chi connectivity index (χ2v) is 5.20. The van der Waals surface area contributed by atoms with Crippen molar-refractivity contribution in [2.24, 2.45) is 0 Å². The van der Waals surface area contributed by atoms with E-state index < -0.39 is 0 Å². The molecular formula is C15H21ClN2. The number of hydrogen-bond acceptors (Lipinski definition) is 1. The van der Waals surface area contributed by atoms with E-state index in [1.165, 1.54) is 11.1 Å². The molecule has 2 aromatic rings. The van der Waals surface area contributed by atoms with Gasteiger partial charge in [0.1, 0.15) is 0 Å². The highest BCUT2D eigenvalue weighted by molar-refractivity contribution is 6.32. The quantitative estimate of drug-likeness (QED) is 0.813. The minimum Gasteiger partial charge on any atom is -0.351 e. The second kappa shape index (κ2) is 7.22. The van der Waals surface area contributed by atoms with Crippen LogP contribution in [-0.4, -0.2) is 9.97 Å². The van der Waals surface area contributed by atoms with Crippen LogP contribution in [0.4, 0.5) is 0 Å². The molecule has 0 saturated carbocycles. The van der Waals surface area contributed by atoms with Gasteiger partial charge in [-0.1, -0.05) is 57.5 Å². The summed E-state index contributed by atoms with van der Waals surface area (Å²) in [6.07, 6.45) is 5.08. The van der Waals surface area contributed by atoms with Crippen LogP contribution >= 0.6 is 11.6 Å². The molecule has 1 heterocycles. The Morgan fingerprint density at radius 2 is 1.61 bits per heavy atom. The number of nitrogens with one attached hydrogen (secondary N) is 1. The van der Waals surface area contributed by atoms with Crippen molar-refractivity contribution in [2.45, 2.75) is 39.5 Å². The molecule has 0 spiro atoms. The number of imidazole rings is 1. The zero-order chi connectivity index (χ0) is 13.5. The third-order valence-corrected chi connectivity index (χ3v) is 3.14. The molecule has 0 radical (unpaired) electrons. The highest BCUT2D eigenvalue weighted by Crippen LogP contribution is 2.31. The number of H-pyrrole nitrogens is 1. The predicted molar refractivity (Wildman–Crippen MR) is 78.2 cm³/mol. The molecule has 0 aliphatic carbocycles. The maximum atomic E-state index is 6.30. The van der Waals surface area contributed by atoms with Crippen molar-refractivity contribution < 1.29 is 0 Å². The molecule has 2 rings (SSSR count). The Balaban J connectivity index is 0.000000269. The number of nitrogens with zero attached hydrogens (tertiary/aromatic N) is 1. The molecule has 1 aromatic heterocycles. The van der Waals surface area contributed by atoms with Gasteiger partial charge in [-0.15, -0.1) is 0 Å². The molecule has 98 valence electrons. The average molecular weight is 265 g/mol. The van der Waals surface area contributed by atoms with Gasteiger partial charge in [0.05, 0.1) is 6.33 Å². The Labute approximate surface area is 114 Å². The summed E-state index contributed by atoms with van der Waals surface area (Å²) < 4.78 is 0. The fourth-order valence-corrected chi connectivity index (χ4v) is 2.24. The van der Waals surface area contributed by atoms with Gasteiger partial charge in [-0.3, -0.25) is 0 Å². The lowest BCUT2D eigenvalue weighted by molar-refractivity contribution is 0.834. The number of halogens is 1. The number of aromatic nitrogens is 2. The first-order chi connectivity index (χ1) is 8.54. The van der Waals surface area contributed by atoms with Crippen LogP contribution < -0.4 is 0 Å². The highest BCUT2D eigenvalue weighted by Gasteiger charge is 2.10. The fraction of sp³-hybridized carbons (Fsp3) is 0.400. The van der Waals surface area contributed by atoms with Crippen molar-refractivity contribution >= 4 is 11.6 Å². The molecule has 0 amide bonds. The maximum Gasteiger partial charge on any atom is 0.0919 e. The lowest BCUT2D eigenvalue weighted by atomic mass is 9.96. The third kappa shape index (κ3) is 4.19. The van der Waals surface area contributed by atoms with Gasteiger partial charge in [0.15, 0.2) is 0 Å². The lowest BCUT2D eigenvalue weighted by Crippen LogP contribution is -1.95. The topological polar surface area (TPSA) is 28.7 Å². The largest absolute Gasteiger partial charge is 0.351 e. The number of rotatable bonds is 2. The Morgan fingerprint density at radius 3 is 1.89 bits per heavy atom. The lowest BCUT2D eigenvalue weighted by Gasteiger charge is -2.14. The zero-order valence-corrected chi connectivity index (χ0v) is 12.2. The van der Waals surface area contributed by atoms with E-state index in [0.717, 1.165) is 5.02 Å². The normalized spacial score (nSPS) is 10.4. The molecule has 0 bridgehead atoms. The summed E-state index contributed by atoms with van der Waals surface area (Å²) in [6.45, 7) is 8.69. The van der Waals surface area contributed by atoms with Crippen LogP contribution in [0.5, 0.6) is 0 Å². The third-order valence-electron chi connectivity index (χ3n) is 2.71. The summed E-state index contributed by atoms with van der Waals surface area (Å²) in [6, 6.07) is 6.31. The van der Waals surface area contributed by atoms with E-state index in [0.29, 0.717) is 11.8 Å². The van der Waals surface area contributed by atoms with Crippen LogP contribution in [0.2, 0.25) is 5.02 Å². The minimum atomic E-state index is 0.506. The Bertz CT molecular complexity index is 404. The Morgan fingerprint density at radius 1 is 1.06 bits per heavy atom. The van der Waals surface area contributed by atoms with Crippen LogP contribution in [0.3, 0.4) is 0 Å². The van der Waals surface area contributed by atoms with Gasteiger partial charge < -0.3 is 4.98 Å². The van der Waals surface area contributed by atoms with E-state index >= 15 is 0 Å². The zero-order valence-electron chi connectivity index (χ0n) is 11.4. The summed E-state index contributed by atoms with van der Waals surface area (Å²) in [5.74, 6) is 1.01. The number of benzene rings is 1. The summed E-state index contributed by atoms with van der Waals surface area (Å²) in [5.41, 5.74) is 2.51. The Kier molecular flexibility index (Phi) is 5.93. The highest BCUT2D eigenvalue weighted by atomic mass is 35.5. The van der Waals surface area contributed by atoms with Gasteiger partial charge >= 0.3 is 0 Å². The predicted octanol–water partition coefficient (Wildman–Crippen LogP) is 5.00. The molecule has 18 heavy (non-hydrogen) atoms. The van der Waals surface area contributed by atoms with Crippen LogP contribution in [0, 0.1) is 0 Å². The number of hydrogen-bond donors (Lipinski definition) is 1. The molecule has 3 heteroatoms. The van der Waals surface area contributed by atoms with Gasteiger partial charge in [0, 0.05) is 17.4 Å². The monoisotopic (exact) mass is 264 g/mol. The van der Waals surface area contributed by atoms with E-state index in [-0.39, 0.29) is 0 Å². The molecule has 2 nitrogen and oxygen atoms in total. The van der Waals surface area contributed by atoms with Gasteiger partial charge in [0.2, 0.25) is 0 Å². The molecule has 1 aromatic carbocycles. The smallest absolute Gasteiger partial charge is 0.0919 e. The van der Waals surface area contributed by atoms with Crippen molar-refractivity contribution in [3.05, 3.63) is 53.1 Å². The van der Waals surface area contributed by atoms with Crippen LogP contribution in [0.1, 0.15) is 50.7 Å². The van der Waals surface area contributed by atoms with E-state index in [1.807, 2.05) is 0 Å². The molecule has 0 aliphatic heterocycles. The summed E-state index contributed by atoms with van der Waals surface area (Å²) in [7, 11) is 0. The molecule has 1 N–H and O–H groups in total. The van der Waals surface area contributed by atoms with Gasteiger partial charge in [-0.05, 0) is 23.0 Å².